The molecule has 1 amide bonds. The van der Waals surface area contributed by atoms with Gasteiger partial charge in [-0.3, -0.25) is 4.79 Å². The Morgan fingerprint density at radius 3 is 2.28 bits per heavy atom. The summed E-state index contributed by atoms with van der Waals surface area (Å²) in [4.78, 5) is 27.9. The standard InChI is InChI=1S/C18H20N2O5/c1-11(2)25-15-9-6-13(10-19-15)17(21)20-16(18(22)23)12-4-7-14(24-3)8-5-12/h4-11,16H,1-3H3,(H,20,21)(H,22,23). The van der Waals surface area contributed by atoms with Crippen LogP contribution in [0.3, 0.4) is 0 Å². The molecule has 7 nitrogen and oxygen atoms in total. The fraction of sp³-hybridized carbons (Fsp3) is 0.278. The normalized spacial score (nSPS) is 11.7. The zero-order valence-electron chi connectivity index (χ0n) is 14.2. The Kier molecular flexibility index (Phi) is 5.94. The minimum Gasteiger partial charge on any atom is -0.497 e. The first-order valence-corrected chi connectivity index (χ1v) is 7.71. The van der Waals surface area contributed by atoms with Crippen molar-refractivity contribution < 1.29 is 24.2 Å². The Balaban J connectivity index is 2.13. The Bertz CT molecular complexity index is 726. The molecule has 7 heteroatoms. The predicted molar refractivity (Wildman–Crippen MR) is 90.8 cm³/mol. The van der Waals surface area contributed by atoms with Crippen LogP contribution in [0.4, 0.5) is 0 Å². The molecule has 0 aliphatic heterocycles. The van der Waals surface area contributed by atoms with Gasteiger partial charge in [0.1, 0.15) is 5.75 Å². The average Bonchev–Trinajstić information content (AvgIpc) is 2.59. The predicted octanol–water partition coefficient (Wildman–Crippen LogP) is 2.43. The second kappa shape index (κ2) is 8.14. The van der Waals surface area contributed by atoms with Crippen LogP contribution in [-0.2, 0) is 4.79 Å². The summed E-state index contributed by atoms with van der Waals surface area (Å²) in [5.74, 6) is -0.696. The van der Waals surface area contributed by atoms with E-state index in [0.29, 0.717) is 17.2 Å². The van der Waals surface area contributed by atoms with Crippen LogP contribution in [-0.4, -0.2) is 35.2 Å². The summed E-state index contributed by atoms with van der Waals surface area (Å²) in [6.45, 7) is 3.74. The van der Waals surface area contributed by atoms with E-state index >= 15 is 0 Å². The second-order valence-electron chi connectivity index (χ2n) is 5.57. The number of benzene rings is 1. The van der Waals surface area contributed by atoms with Gasteiger partial charge in [-0.2, -0.15) is 0 Å². The number of carboxylic acids is 1. The number of carbonyl (C=O) groups excluding carboxylic acids is 1. The number of nitrogens with one attached hydrogen (secondary N) is 1. The van der Waals surface area contributed by atoms with Crippen LogP contribution < -0.4 is 14.8 Å². The van der Waals surface area contributed by atoms with Gasteiger partial charge in [0, 0.05) is 12.3 Å². The summed E-state index contributed by atoms with van der Waals surface area (Å²) >= 11 is 0. The highest BCUT2D eigenvalue weighted by molar-refractivity contribution is 5.96. The van der Waals surface area contributed by atoms with E-state index in [1.807, 2.05) is 13.8 Å². The molecule has 0 fully saturated rings. The molecular formula is C18H20N2O5. The number of hydrogen-bond acceptors (Lipinski definition) is 5. The van der Waals surface area contributed by atoms with Gasteiger partial charge in [0.25, 0.3) is 5.91 Å². The number of amides is 1. The number of pyridine rings is 1. The summed E-state index contributed by atoms with van der Waals surface area (Å²) in [7, 11) is 1.52. The van der Waals surface area contributed by atoms with Gasteiger partial charge < -0.3 is 19.9 Å². The molecule has 1 unspecified atom stereocenters. The third-order valence-corrected chi connectivity index (χ3v) is 3.33. The molecule has 25 heavy (non-hydrogen) atoms. The van der Waals surface area contributed by atoms with Crippen molar-refractivity contribution in [1.82, 2.24) is 10.3 Å². The molecule has 0 aliphatic rings. The lowest BCUT2D eigenvalue weighted by Gasteiger charge is -2.15. The molecule has 2 aromatic rings. The maximum Gasteiger partial charge on any atom is 0.330 e. The molecule has 0 aliphatic carbocycles. The molecule has 132 valence electrons. The number of methoxy groups -OCH3 is 1. The van der Waals surface area contributed by atoms with Gasteiger partial charge in [0.05, 0.1) is 18.8 Å². The molecule has 2 N–H and O–H groups in total. The SMILES string of the molecule is COc1ccc(C(NC(=O)c2ccc(OC(C)C)nc2)C(=O)O)cc1. The minimum atomic E-state index is -1.18. The van der Waals surface area contributed by atoms with Gasteiger partial charge in [-0.15, -0.1) is 0 Å². The lowest BCUT2D eigenvalue weighted by Crippen LogP contribution is -2.33. The van der Waals surface area contributed by atoms with Gasteiger partial charge >= 0.3 is 5.97 Å². The monoisotopic (exact) mass is 344 g/mol. The summed E-state index contributed by atoms with van der Waals surface area (Å²) in [5.41, 5.74) is 0.685. The number of rotatable bonds is 7. The molecule has 0 bridgehead atoms. The maximum absolute atomic E-state index is 12.3. The summed E-state index contributed by atoms with van der Waals surface area (Å²) in [6, 6.07) is 8.38. The fourth-order valence-corrected chi connectivity index (χ4v) is 2.12. The molecule has 2 rings (SSSR count). The first kappa shape index (κ1) is 18.3. The number of ether oxygens (including phenoxy) is 2. The molecule has 0 spiro atoms. The van der Waals surface area contributed by atoms with E-state index in [2.05, 4.69) is 10.3 Å². The van der Waals surface area contributed by atoms with Crippen LogP contribution >= 0.6 is 0 Å². The zero-order valence-corrected chi connectivity index (χ0v) is 14.2. The van der Waals surface area contributed by atoms with E-state index in [1.165, 1.54) is 19.4 Å². The van der Waals surface area contributed by atoms with Crippen molar-refractivity contribution in [1.29, 1.82) is 0 Å². The zero-order chi connectivity index (χ0) is 18.4. The van der Waals surface area contributed by atoms with Crippen LogP contribution in [0.1, 0.15) is 35.8 Å². The van der Waals surface area contributed by atoms with Crippen LogP contribution in [0.2, 0.25) is 0 Å². The smallest absolute Gasteiger partial charge is 0.330 e. The molecule has 0 saturated heterocycles. The highest BCUT2D eigenvalue weighted by atomic mass is 16.5. The lowest BCUT2D eigenvalue weighted by atomic mass is 10.1. The molecule has 0 saturated carbocycles. The summed E-state index contributed by atoms with van der Waals surface area (Å²) in [5, 5.41) is 11.9. The van der Waals surface area contributed by atoms with Gasteiger partial charge in [-0.1, -0.05) is 12.1 Å². The van der Waals surface area contributed by atoms with Crippen LogP contribution in [0, 0.1) is 0 Å². The average molecular weight is 344 g/mol. The Morgan fingerprint density at radius 1 is 1.12 bits per heavy atom. The summed E-state index contributed by atoms with van der Waals surface area (Å²) in [6.07, 6.45) is 1.32. The van der Waals surface area contributed by atoms with Crippen molar-refractivity contribution in [3.05, 3.63) is 53.7 Å². The van der Waals surface area contributed by atoms with Crippen molar-refractivity contribution in [3.63, 3.8) is 0 Å². The first-order chi connectivity index (χ1) is 11.9. The van der Waals surface area contributed by atoms with Crippen LogP contribution in [0.5, 0.6) is 11.6 Å². The number of nitrogens with zero attached hydrogens (tertiary/aromatic N) is 1. The van der Waals surface area contributed by atoms with E-state index in [1.54, 1.807) is 30.3 Å². The van der Waals surface area contributed by atoms with E-state index in [4.69, 9.17) is 9.47 Å². The highest BCUT2D eigenvalue weighted by Crippen LogP contribution is 2.19. The number of aromatic nitrogens is 1. The number of aliphatic carboxylic acids is 1. The van der Waals surface area contributed by atoms with Gasteiger partial charge in [0.2, 0.25) is 5.88 Å². The van der Waals surface area contributed by atoms with Crippen molar-refractivity contribution in [2.24, 2.45) is 0 Å². The molecule has 1 aromatic heterocycles. The van der Waals surface area contributed by atoms with Crippen molar-refractivity contribution >= 4 is 11.9 Å². The molecule has 1 heterocycles. The maximum atomic E-state index is 12.3. The Morgan fingerprint density at radius 2 is 1.80 bits per heavy atom. The fourth-order valence-electron chi connectivity index (χ4n) is 2.12. The van der Waals surface area contributed by atoms with Crippen LogP contribution in [0.15, 0.2) is 42.6 Å². The lowest BCUT2D eigenvalue weighted by molar-refractivity contribution is -0.139. The third-order valence-electron chi connectivity index (χ3n) is 3.33. The van der Waals surface area contributed by atoms with Gasteiger partial charge in [-0.05, 0) is 37.6 Å². The second-order valence-corrected chi connectivity index (χ2v) is 5.57. The van der Waals surface area contributed by atoms with Crippen molar-refractivity contribution in [3.8, 4) is 11.6 Å². The minimum absolute atomic E-state index is 0.0290. The quantitative estimate of drug-likeness (QED) is 0.800. The van der Waals surface area contributed by atoms with Gasteiger partial charge in [0.15, 0.2) is 6.04 Å². The Hall–Kier alpha value is -3.09. The number of carbonyl (C=O) groups is 2. The van der Waals surface area contributed by atoms with Crippen LogP contribution in [0.25, 0.3) is 0 Å². The first-order valence-electron chi connectivity index (χ1n) is 7.71. The van der Waals surface area contributed by atoms with E-state index in [0.717, 1.165) is 0 Å². The third kappa shape index (κ3) is 4.94. The largest absolute Gasteiger partial charge is 0.497 e. The molecule has 0 radical (unpaired) electrons. The van der Waals surface area contributed by atoms with Crippen molar-refractivity contribution in [2.75, 3.05) is 7.11 Å². The van der Waals surface area contributed by atoms with Gasteiger partial charge in [-0.25, -0.2) is 9.78 Å². The number of hydrogen-bond donors (Lipinski definition) is 2. The molecule has 1 aromatic carbocycles. The highest BCUT2D eigenvalue weighted by Gasteiger charge is 2.23. The van der Waals surface area contributed by atoms with E-state index < -0.39 is 17.9 Å². The van der Waals surface area contributed by atoms with E-state index in [9.17, 15) is 14.7 Å². The Labute approximate surface area is 145 Å². The van der Waals surface area contributed by atoms with Crippen molar-refractivity contribution in [2.45, 2.75) is 26.0 Å². The molecule has 1 atom stereocenters. The molecular weight excluding hydrogens is 324 g/mol. The number of carboxylic acid groups (broad SMARTS) is 1. The topological polar surface area (TPSA) is 97.8 Å². The van der Waals surface area contributed by atoms with E-state index in [-0.39, 0.29) is 11.7 Å². The summed E-state index contributed by atoms with van der Waals surface area (Å²) < 4.78 is 10.5.